The van der Waals surface area contributed by atoms with E-state index in [4.69, 9.17) is 23.2 Å². The van der Waals surface area contributed by atoms with E-state index in [1.807, 2.05) is 0 Å². The van der Waals surface area contributed by atoms with Gasteiger partial charge in [0.25, 0.3) is 5.91 Å². The highest BCUT2D eigenvalue weighted by Gasteiger charge is 2.08. The zero-order chi connectivity index (χ0) is 17.8. The van der Waals surface area contributed by atoms with Crippen molar-refractivity contribution >= 4 is 46.3 Å². The van der Waals surface area contributed by atoms with Crippen molar-refractivity contribution in [3.63, 3.8) is 0 Å². The SMILES string of the molecule is O=C(Nc1ccc(Nc2nc(Cl)ncc2F)cc1)c1cccc(Cl)c1. The van der Waals surface area contributed by atoms with E-state index in [2.05, 4.69) is 20.6 Å². The molecule has 1 amide bonds. The van der Waals surface area contributed by atoms with Crippen molar-refractivity contribution in [2.45, 2.75) is 0 Å². The van der Waals surface area contributed by atoms with Crippen molar-refractivity contribution in [1.82, 2.24) is 9.97 Å². The van der Waals surface area contributed by atoms with Crippen LogP contribution in [-0.4, -0.2) is 15.9 Å². The average molecular weight is 377 g/mol. The number of benzene rings is 2. The highest BCUT2D eigenvalue weighted by Crippen LogP contribution is 2.21. The molecule has 25 heavy (non-hydrogen) atoms. The van der Waals surface area contributed by atoms with E-state index in [-0.39, 0.29) is 17.0 Å². The number of hydrogen-bond acceptors (Lipinski definition) is 4. The Kier molecular flexibility index (Phi) is 5.11. The van der Waals surface area contributed by atoms with Crippen molar-refractivity contribution < 1.29 is 9.18 Å². The van der Waals surface area contributed by atoms with Crippen LogP contribution >= 0.6 is 23.2 Å². The molecular weight excluding hydrogens is 366 g/mol. The summed E-state index contributed by atoms with van der Waals surface area (Å²) < 4.78 is 13.6. The van der Waals surface area contributed by atoms with Crippen LogP contribution in [0.3, 0.4) is 0 Å². The number of anilines is 3. The molecule has 126 valence electrons. The van der Waals surface area contributed by atoms with Crippen molar-refractivity contribution in [2.75, 3.05) is 10.6 Å². The Bertz CT molecular complexity index is 919. The van der Waals surface area contributed by atoms with E-state index in [1.165, 1.54) is 0 Å². The van der Waals surface area contributed by atoms with Gasteiger partial charge in [-0.25, -0.2) is 9.37 Å². The molecule has 0 radical (unpaired) electrons. The number of carbonyl (C=O) groups is 1. The molecule has 0 saturated carbocycles. The van der Waals surface area contributed by atoms with Gasteiger partial charge in [0, 0.05) is 22.0 Å². The first-order valence-electron chi connectivity index (χ1n) is 7.13. The molecule has 2 N–H and O–H groups in total. The molecule has 0 bridgehead atoms. The Morgan fingerprint density at radius 3 is 2.48 bits per heavy atom. The van der Waals surface area contributed by atoms with Crippen LogP contribution in [0, 0.1) is 5.82 Å². The molecule has 5 nitrogen and oxygen atoms in total. The van der Waals surface area contributed by atoms with Gasteiger partial charge in [-0.05, 0) is 54.1 Å². The number of nitrogens with one attached hydrogen (secondary N) is 2. The number of rotatable bonds is 4. The fourth-order valence-corrected chi connectivity index (χ4v) is 2.36. The van der Waals surface area contributed by atoms with Crippen LogP contribution in [0.2, 0.25) is 10.3 Å². The topological polar surface area (TPSA) is 66.9 Å². The molecule has 1 aromatic heterocycles. The maximum Gasteiger partial charge on any atom is 0.255 e. The van der Waals surface area contributed by atoms with Crippen molar-refractivity contribution in [1.29, 1.82) is 0 Å². The van der Waals surface area contributed by atoms with E-state index in [1.54, 1.807) is 48.5 Å². The molecule has 0 unspecified atom stereocenters. The molecule has 0 aliphatic heterocycles. The second kappa shape index (κ2) is 7.46. The number of amides is 1. The van der Waals surface area contributed by atoms with Crippen molar-refractivity contribution in [2.24, 2.45) is 0 Å². The van der Waals surface area contributed by atoms with Gasteiger partial charge in [-0.15, -0.1) is 0 Å². The summed E-state index contributed by atoms with van der Waals surface area (Å²) in [6, 6.07) is 13.3. The molecule has 0 fully saturated rings. The quantitative estimate of drug-likeness (QED) is 0.634. The Morgan fingerprint density at radius 2 is 1.76 bits per heavy atom. The standard InChI is InChI=1S/C17H11Cl2FN4O/c18-11-3-1-2-10(8-11)16(25)23-13-6-4-12(5-7-13)22-15-14(20)9-21-17(19)24-15/h1-9H,(H,23,25)(H,21,22,24). The summed E-state index contributed by atoms with van der Waals surface area (Å²) in [6.45, 7) is 0. The van der Waals surface area contributed by atoms with Gasteiger partial charge in [0.1, 0.15) is 0 Å². The summed E-state index contributed by atoms with van der Waals surface area (Å²) in [5.74, 6) is -0.935. The van der Waals surface area contributed by atoms with Gasteiger partial charge in [-0.2, -0.15) is 4.98 Å². The third-order valence-corrected chi connectivity index (χ3v) is 3.62. The third-order valence-electron chi connectivity index (χ3n) is 3.21. The lowest BCUT2D eigenvalue weighted by molar-refractivity contribution is 0.102. The number of halogens is 3. The van der Waals surface area contributed by atoms with E-state index in [9.17, 15) is 9.18 Å². The number of aromatic nitrogens is 2. The van der Waals surface area contributed by atoms with Crippen LogP contribution in [-0.2, 0) is 0 Å². The molecule has 0 spiro atoms. The summed E-state index contributed by atoms with van der Waals surface area (Å²) in [5.41, 5.74) is 1.61. The summed E-state index contributed by atoms with van der Waals surface area (Å²) >= 11 is 11.5. The van der Waals surface area contributed by atoms with Gasteiger partial charge in [0.2, 0.25) is 5.28 Å². The first-order chi connectivity index (χ1) is 12.0. The molecule has 2 aromatic carbocycles. The van der Waals surface area contributed by atoms with Gasteiger partial charge >= 0.3 is 0 Å². The highest BCUT2D eigenvalue weighted by molar-refractivity contribution is 6.31. The molecule has 0 saturated heterocycles. The largest absolute Gasteiger partial charge is 0.338 e. The normalized spacial score (nSPS) is 10.4. The number of carbonyl (C=O) groups excluding carboxylic acids is 1. The Balaban J connectivity index is 1.70. The van der Waals surface area contributed by atoms with E-state index < -0.39 is 5.82 Å². The van der Waals surface area contributed by atoms with Crippen LogP contribution < -0.4 is 10.6 Å². The molecule has 1 heterocycles. The maximum atomic E-state index is 13.6. The molecule has 8 heteroatoms. The van der Waals surface area contributed by atoms with E-state index >= 15 is 0 Å². The molecular formula is C17H11Cl2FN4O. The van der Waals surface area contributed by atoms with Gasteiger partial charge < -0.3 is 10.6 Å². The van der Waals surface area contributed by atoms with Crippen LogP contribution in [0.1, 0.15) is 10.4 Å². The minimum atomic E-state index is -0.622. The summed E-state index contributed by atoms with van der Waals surface area (Å²) in [5, 5.41) is 5.97. The first-order valence-corrected chi connectivity index (χ1v) is 7.89. The smallest absolute Gasteiger partial charge is 0.255 e. The molecule has 3 rings (SSSR count). The summed E-state index contributed by atoms with van der Waals surface area (Å²) in [7, 11) is 0. The Hall–Kier alpha value is -2.70. The van der Waals surface area contributed by atoms with Crippen molar-refractivity contribution in [3.05, 3.63) is 76.4 Å². The van der Waals surface area contributed by atoms with Crippen LogP contribution in [0.15, 0.2) is 54.7 Å². The minimum absolute atomic E-state index is 0.0317. The van der Waals surface area contributed by atoms with Crippen molar-refractivity contribution in [3.8, 4) is 0 Å². The van der Waals surface area contributed by atoms with Gasteiger partial charge in [0.05, 0.1) is 6.20 Å². The van der Waals surface area contributed by atoms with Crippen LogP contribution in [0.5, 0.6) is 0 Å². The average Bonchev–Trinajstić information content (AvgIpc) is 2.60. The predicted octanol–water partition coefficient (Wildman–Crippen LogP) is 4.92. The lowest BCUT2D eigenvalue weighted by Crippen LogP contribution is -2.11. The number of hydrogen-bond donors (Lipinski definition) is 2. The Morgan fingerprint density at radius 1 is 1.04 bits per heavy atom. The molecule has 0 aliphatic rings. The fraction of sp³-hybridized carbons (Fsp3) is 0. The van der Waals surface area contributed by atoms with E-state index in [0.29, 0.717) is 22.0 Å². The molecule has 3 aromatic rings. The second-order valence-electron chi connectivity index (χ2n) is 5.00. The van der Waals surface area contributed by atoms with Gasteiger partial charge in [0.15, 0.2) is 11.6 Å². The lowest BCUT2D eigenvalue weighted by Gasteiger charge is -2.09. The predicted molar refractivity (Wildman–Crippen MR) is 96.1 cm³/mol. The zero-order valence-electron chi connectivity index (χ0n) is 12.6. The lowest BCUT2D eigenvalue weighted by atomic mass is 10.2. The van der Waals surface area contributed by atoms with Gasteiger partial charge in [-0.1, -0.05) is 17.7 Å². The number of nitrogens with zero attached hydrogens (tertiary/aromatic N) is 2. The summed E-state index contributed by atoms with van der Waals surface area (Å²) in [4.78, 5) is 19.5. The second-order valence-corrected chi connectivity index (χ2v) is 5.78. The fourth-order valence-electron chi connectivity index (χ4n) is 2.04. The zero-order valence-corrected chi connectivity index (χ0v) is 14.1. The molecule has 0 aliphatic carbocycles. The van der Waals surface area contributed by atoms with Crippen LogP contribution in [0.25, 0.3) is 0 Å². The molecule has 0 atom stereocenters. The highest BCUT2D eigenvalue weighted by atomic mass is 35.5. The summed E-state index contributed by atoms with van der Waals surface area (Å²) in [6.07, 6.45) is 0.983. The van der Waals surface area contributed by atoms with E-state index in [0.717, 1.165) is 6.20 Å². The van der Waals surface area contributed by atoms with Crippen LogP contribution in [0.4, 0.5) is 21.6 Å². The maximum absolute atomic E-state index is 13.6. The third kappa shape index (κ3) is 4.43. The monoisotopic (exact) mass is 376 g/mol. The minimum Gasteiger partial charge on any atom is -0.338 e. The van der Waals surface area contributed by atoms with Gasteiger partial charge in [-0.3, -0.25) is 4.79 Å². The first kappa shape index (κ1) is 17.1. The Labute approximate surface area is 152 Å².